The average Bonchev–Trinajstić information content (AvgIpc) is 2.66. The van der Waals surface area contributed by atoms with E-state index in [1.807, 2.05) is 51.4 Å². The lowest BCUT2D eigenvalue weighted by Gasteiger charge is -2.31. The Labute approximate surface area is 163 Å². The fraction of sp³-hybridized carbons (Fsp3) is 0.286. The van der Waals surface area contributed by atoms with Gasteiger partial charge in [0.05, 0.1) is 17.0 Å². The summed E-state index contributed by atoms with van der Waals surface area (Å²) in [6.07, 6.45) is 0. The first-order valence-corrected chi connectivity index (χ1v) is 9.02. The Kier molecular flexibility index (Phi) is 5.46. The van der Waals surface area contributed by atoms with E-state index in [0.29, 0.717) is 11.2 Å². The summed E-state index contributed by atoms with van der Waals surface area (Å²) < 4.78 is 1.34. The Morgan fingerprint density at radius 2 is 1.71 bits per heavy atom. The Morgan fingerprint density at radius 1 is 1.11 bits per heavy atom. The molecule has 0 amide bonds. The number of carboxylic acid groups (broad SMARTS) is 1. The van der Waals surface area contributed by atoms with Crippen LogP contribution in [0.3, 0.4) is 0 Å². The van der Waals surface area contributed by atoms with Gasteiger partial charge in [-0.15, -0.1) is 0 Å². The number of aryl methyl sites for hydroxylation is 1. The van der Waals surface area contributed by atoms with Gasteiger partial charge in [0.1, 0.15) is 0 Å². The first-order chi connectivity index (χ1) is 13.3. The van der Waals surface area contributed by atoms with Crippen LogP contribution < -0.4 is 10.9 Å². The molecule has 7 heteroatoms. The number of nitrogens with one attached hydrogen (secondary N) is 1. The summed E-state index contributed by atoms with van der Waals surface area (Å²) in [5.74, 6) is -0.306. The minimum Gasteiger partial charge on any atom is -0.478 e. The normalized spacial score (nSPS) is 13.5. The van der Waals surface area contributed by atoms with Crippen molar-refractivity contribution in [3.8, 4) is 0 Å². The number of likely N-dealkylation sites (N-methyl/N-ethyl adjacent to an activating group) is 1. The number of aromatic nitrogens is 2. The van der Waals surface area contributed by atoms with E-state index in [9.17, 15) is 9.59 Å². The molecule has 0 aliphatic carbocycles. The molecular formula is C21H24N4O3. The molecule has 0 radical (unpaired) electrons. The molecule has 2 N–H and O–H groups in total. The molecule has 28 heavy (non-hydrogen) atoms. The Hall–Kier alpha value is -3.19. The smallest absolute Gasteiger partial charge is 0.335 e. The molecule has 0 fully saturated rings. The third-order valence-electron chi connectivity index (χ3n) is 4.85. The van der Waals surface area contributed by atoms with Gasteiger partial charge in [-0.1, -0.05) is 30.3 Å². The Morgan fingerprint density at radius 3 is 2.29 bits per heavy atom. The van der Waals surface area contributed by atoms with Gasteiger partial charge in [0.25, 0.3) is 5.56 Å². The second kappa shape index (κ2) is 7.82. The molecule has 2 aromatic carbocycles. The van der Waals surface area contributed by atoms with E-state index in [1.165, 1.54) is 4.68 Å². The number of aromatic carboxylic acids is 1. The Bertz CT molecular complexity index is 1060. The maximum absolute atomic E-state index is 12.3. The molecule has 2 atom stereocenters. The first kappa shape index (κ1) is 19.6. The Balaban J connectivity index is 1.97. The van der Waals surface area contributed by atoms with Crippen molar-refractivity contribution in [3.05, 3.63) is 70.0 Å². The zero-order valence-electron chi connectivity index (χ0n) is 16.4. The molecule has 0 saturated heterocycles. The molecular weight excluding hydrogens is 356 g/mol. The number of anilines is 1. The van der Waals surface area contributed by atoms with Gasteiger partial charge in [-0.05, 0) is 44.8 Å². The van der Waals surface area contributed by atoms with Gasteiger partial charge < -0.3 is 15.3 Å². The maximum Gasteiger partial charge on any atom is 0.335 e. The van der Waals surface area contributed by atoms with Crippen LogP contribution in [0, 0.1) is 0 Å². The van der Waals surface area contributed by atoms with Crippen molar-refractivity contribution in [3.63, 3.8) is 0 Å². The fourth-order valence-corrected chi connectivity index (χ4v) is 3.56. The standard InChI is InChI=1S/C21H24N4O3/c1-13(18(24(2)3)14-9-11-15(12-10-14)21(27)28)22-19-16-7-5-6-8-17(16)20(26)25(4)23-19/h5-13,18H,1-4H3,(H,22,23)(H,27,28)/t13-,18+/m0/s1. The minimum absolute atomic E-state index is 0.0272. The monoisotopic (exact) mass is 380 g/mol. The number of benzene rings is 2. The molecule has 1 aromatic heterocycles. The van der Waals surface area contributed by atoms with Crippen molar-refractivity contribution in [2.75, 3.05) is 19.4 Å². The van der Waals surface area contributed by atoms with Crippen LogP contribution >= 0.6 is 0 Å². The van der Waals surface area contributed by atoms with Crippen LogP contribution in [0.2, 0.25) is 0 Å². The van der Waals surface area contributed by atoms with Crippen molar-refractivity contribution < 1.29 is 9.90 Å². The van der Waals surface area contributed by atoms with Gasteiger partial charge in [0.2, 0.25) is 0 Å². The largest absolute Gasteiger partial charge is 0.478 e. The molecule has 7 nitrogen and oxygen atoms in total. The van der Waals surface area contributed by atoms with Gasteiger partial charge in [0, 0.05) is 18.5 Å². The zero-order valence-corrected chi connectivity index (χ0v) is 16.4. The average molecular weight is 380 g/mol. The lowest BCUT2D eigenvalue weighted by atomic mass is 9.98. The van der Waals surface area contributed by atoms with Crippen molar-refractivity contribution in [1.82, 2.24) is 14.7 Å². The maximum atomic E-state index is 12.3. The SMILES string of the molecule is C[C@H](Nc1nn(C)c(=O)c2ccccc12)[C@H](c1ccc(C(=O)O)cc1)N(C)C. The number of carbonyl (C=O) groups is 1. The third-order valence-corrected chi connectivity index (χ3v) is 4.85. The number of rotatable bonds is 6. The number of hydrogen-bond donors (Lipinski definition) is 2. The van der Waals surface area contributed by atoms with Crippen molar-refractivity contribution in [2.24, 2.45) is 7.05 Å². The predicted molar refractivity (Wildman–Crippen MR) is 110 cm³/mol. The molecule has 3 aromatic rings. The molecule has 0 aliphatic heterocycles. The van der Waals surface area contributed by atoms with E-state index in [2.05, 4.69) is 15.3 Å². The van der Waals surface area contributed by atoms with Crippen LogP contribution in [0.5, 0.6) is 0 Å². The molecule has 1 heterocycles. The number of carboxylic acids is 1. The van der Waals surface area contributed by atoms with Gasteiger partial charge in [-0.25, -0.2) is 9.48 Å². The first-order valence-electron chi connectivity index (χ1n) is 9.02. The molecule has 0 spiro atoms. The summed E-state index contributed by atoms with van der Waals surface area (Å²) in [6.45, 7) is 2.04. The molecule has 0 saturated carbocycles. The van der Waals surface area contributed by atoms with E-state index in [0.717, 1.165) is 10.9 Å². The summed E-state index contributed by atoms with van der Waals surface area (Å²) in [5.41, 5.74) is 1.11. The van der Waals surface area contributed by atoms with Crippen LogP contribution in [-0.4, -0.2) is 45.9 Å². The zero-order chi connectivity index (χ0) is 20.4. The van der Waals surface area contributed by atoms with Gasteiger partial charge >= 0.3 is 5.97 Å². The highest BCUT2D eigenvalue weighted by atomic mass is 16.4. The highest BCUT2D eigenvalue weighted by molar-refractivity contribution is 5.91. The van der Waals surface area contributed by atoms with Crippen LogP contribution in [0.4, 0.5) is 5.82 Å². The number of nitrogens with zero attached hydrogens (tertiary/aromatic N) is 3. The molecule has 3 rings (SSSR count). The van der Waals surface area contributed by atoms with Crippen molar-refractivity contribution in [2.45, 2.75) is 19.0 Å². The van der Waals surface area contributed by atoms with Crippen LogP contribution in [0.25, 0.3) is 10.8 Å². The number of hydrogen-bond acceptors (Lipinski definition) is 5. The van der Waals surface area contributed by atoms with E-state index < -0.39 is 5.97 Å². The predicted octanol–water partition coefficient (Wildman–Crippen LogP) is 2.74. The van der Waals surface area contributed by atoms with E-state index in [1.54, 1.807) is 25.2 Å². The molecule has 0 unspecified atom stereocenters. The van der Waals surface area contributed by atoms with Gasteiger partial charge in [0.15, 0.2) is 5.82 Å². The quantitative estimate of drug-likeness (QED) is 0.684. The van der Waals surface area contributed by atoms with E-state index in [4.69, 9.17) is 5.11 Å². The highest BCUT2D eigenvalue weighted by Gasteiger charge is 2.23. The van der Waals surface area contributed by atoms with Gasteiger partial charge in [-0.2, -0.15) is 5.10 Å². The fourth-order valence-electron chi connectivity index (χ4n) is 3.56. The summed E-state index contributed by atoms with van der Waals surface area (Å²) in [7, 11) is 5.58. The second-order valence-corrected chi connectivity index (χ2v) is 7.09. The summed E-state index contributed by atoms with van der Waals surface area (Å²) in [5, 5.41) is 18.4. The lowest BCUT2D eigenvalue weighted by Crippen LogP contribution is -2.35. The molecule has 0 aliphatic rings. The second-order valence-electron chi connectivity index (χ2n) is 7.09. The molecule has 146 valence electrons. The van der Waals surface area contributed by atoms with E-state index >= 15 is 0 Å². The van der Waals surface area contributed by atoms with Crippen molar-refractivity contribution >= 4 is 22.6 Å². The highest BCUT2D eigenvalue weighted by Crippen LogP contribution is 2.26. The minimum atomic E-state index is -0.944. The third kappa shape index (κ3) is 3.75. The number of fused-ring (bicyclic) bond motifs is 1. The van der Waals surface area contributed by atoms with Gasteiger partial charge in [-0.3, -0.25) is 4.79 Å². The topological polar surface area (TPSA) is 87.5 Å². The summed E-state index contributed by atoms with van der Waals surface area (Å²) in [6, 6.07) is 14.2. The lowest BCUT2D eigenvalue weighted by molar-refractivity contribution is 0.0697. The molecule has 0 bridgehead atoms. The summed E-state index contributed by atoms with van der Waals surface area (Å²) in [4.78, 5) is 25.5. The van der Waals surface area contributed by atoms with Crippen molar-refractivity contribution in [1.29, 1.82) is 0 Å². The van der Waals surface area contributed by atoms with Crippen LogP contribution in [-0.2, 0) is 7.05 Å². The van der Waals surface area contributed by atoms with Crippen LogP contribution in [0.15, 0.2) is 53.3 Å². The van der Waals surface area contributed by atoms with Crippen LogP contribution in [0.1, 0.15) is 28.9 Å². The summed E-state index contributed by atoms with van der Waals surface area (Å²) >= 11 is 0. The van der Waals surface area contributed by atoms with E-state index in [-0.39, 0.29) is 23.2 Å².